The Morgan fingerprint density at radius 2 is 1.93 bits per heavy atom. The van der Waals surface area contributed by atoms with Crippen LogP contribution in [0.1, 0.15) is 32.1 Å². The van der Waals surface area contributed by atoms with Crippen molar-refractivity contribution in [3.63, 3.8) is 0 Å². The fraction of sp³-hybridized carbons (Fsp3) is 0.435. The van der Waals surface area contributed by atoms with Crippen LogP contribution in [0.3, 0.4) is 0 Å². The first-order valence-corrected chi connectivity index (χ1v) is 10.4. The minimum Gasteiger partial charge on any atom is -0.491 e. The molecule has 0 saturated heterocycles. The number of nitrogens with one attached hydrogen (secondary N) is 1. The first kappa shape index (κ1) is 19.9. The minimum absolute atomic E-state index is 0.239. The van der Waals surface area contributed by atoms with Gasteiger partial charge >= 0.3 is 0 Å². The Labute approximate surface area is 169 Å². The number of halogens is 1. The molecule has 4 rings (SSSR count). The highest BCUT2D eigenvalue weighted by Crippen LogP contribution is 2.29. The molecule has 5 nitrogen and oxygen atoms in total. The standard InChI is InChI=1S/C23H27FN2O3/c24-18-8-11-21-22(12-18)29-26-23(21)17-6-9-20(10-7-17)28-15-19(27)14-25-13-16-4-2-1-3-5-16/h6-12,16,19,25,27H,1-5,13-15H2/t19-/m0/s1. The van der Waals surface area contributed by atoms with Gasteiger partial charge in [0.05, 0.1) is 0 Å². The first-order valence-electron chi connectivity index (χ1n) is 10.4. The van der Waals surface area contributed by atoms with Crippen molar-refractivity contribution < 1.29 is 18.8 Å². The largest absolute Gasteiger partial charge is 0.491 e. The molecule has 0 unspecified atom stereocenters. The van der Waals surface area contributed by atoms with E-state index in [1.165, 1.54) is 44.2 Å². The molecule has 1 heterocycles. The number of rotatable bonds is 8. The number of ether oxygens (including phenoxy) is 1. The maximum atomic E-state index is 13.3. The van der Waals surface area contributed by atoms with Crippen LogP contribution < -0.4 is 10.1 Å². The van der Waals surface area contributed by atoms with Gasteiger partial charge in [0.2, 0.25) is 0 Å². The lowest BCUT2D eigenvalue weighted by Gasteiger charge is -2.22. The van der Waals surface area contributed by atoms with Crippen molar-refractivity contribution in [3.8, 4) is 17.0 Å². The zero-order chi connectivity index (χ0) is 20.1. The van der Waals surface area contributed by atoms with E-state index in [0.29, 0.717) is 23.6 Å². The molecule has 0 aliphatic heterocycles. The van der Waals surface area contributed by atoms with E-state index in [0.717, 1.165) is 23.4 Å². The summed E-state index contributed by atoms with van der Waals surface area (Å²) in [6, 6.07) is 11.8. The lowest BCUT2D eigenvalue weighted by Crippen LogP contribution is -2.34. The first-order chi connectivity index (χ1) is 14.2. The highest BCUT2D eigenvalue weighted by molar-refractivity contribution is 5.91. The normalized spacial score (nSPS) is 16.2. The monoisotopic (exact) mass is 398 g/mol. The summed E-state index contributed by atoms with van der Waals surface area (Å²) in [5.41, 5.74) is 1.94. The lowest BCUT2D eigenvalue weighted by atomic mass is 9.89. The molecular formula is C23H27FN2O3. The number of aliphatic hydroxyl groups excluding tert-OH is 1. The predicted molar refractivity (Wildman–Crippen MR) is 110 cm³/mol. The second-order valence-electron chi connectivity index (χ2n) is 7.82. The number of hydrogen-bond donors (Lipinski definition) is 2. The maximum Gasteiger partial charge on any atom is 0.170 e. The molecule has 154 valence electrons. The zero-order valence-electron chi connectivity index (χ0n) is 16.4. The van der Waals surface area contributed by atoms with Gasteiger partial charge in [-0.1, -0.05) is 24.4 Å². The number of fused-ring (bicyclic) bond motifs is 1. The number of aliphatic hydroxyl groups is 1. The van der Waals surface area contributed by atoms with Crippen LogP contribution in [0.2, 0.25) is 0 Å². The molecule has 3 aromatic rings. The van der Waals surface area contributed by atoms with E-state index >= 15 is 0 Å². The molecule has 29 heavy (non-hydrogen) atoms. The van der Waals surface area contributed by atoms with E-state index in [1.54, 1.807) is 6.07 Å². The second-order valence-corrected chi connectivity index (χ2v) is 7.82. The summed E-state index contributed by atoms with van der Waals surface area (Å²) < 4.78 is 24.2. The van der Waals surface area contributed by atoms with Crippen LogP contribution in [0.25, 0.3) is 22.2 Å². The highest BCUT2D eigenvalue weighted by Gasteiger charge is 2.14. The van der Waals surface area contributed by atoms with Gasteiger partial charge in [-0.15, -0.1) is 0 Å². The third kappa shape index (κ3) is 5.14. The van der Waals surface area contributed by atoms with Gasteiger partial charge in [0.1, 0.15) is 30.0 Å². The van der Waals surface area contributed by atoms with E-state index < -0.39 is 6.10 Å². The average Bonchev–Trinajstić information content (AvgIpc) is 3.16. The van der Waals surface area contributed by atoms with Crippen LogP contribution in [0.4, 0.5) is 4.39 Å². The predicted octanol–water partition coefficient (Wildman–Crippen LogP) is 4.54. The molecule has 0 spiro atoms. The molecule has 1 atom stereocenters. The van der Waals surface area contributed by atoms with Gasteiger partial charge in [-0.25, -0.2) is 4.39 Å². The van der Waals surface area contributed by atoms with Crippen LogP contribution in [-0.2, 0) is 0 Å². The Bertz CT molecular complexity index is 920. The second kappa shape index (κ2) is 9.37. The lowest BCUT2D eigenvalue weighted by molar-refractivity contribution is 0.105. The molecule has 6 heteroatoms. The molecule has 0 bridgehead atoms. The molecular weight excluding hydrogens is 371 g/mol. The minimum atomic E-state index is -0.548. The third-order valence-corrected chi connectivity index (χ3v) is 5.54. The van der Waals surface area contributed by atoms with Gasteiger partial charge in [0, 0.05) is 23.6 Å². The topological polar surface area (TPSA) is 67.5 Å². The van der Waals surface area contributed by atoms with Gasteiger partial charge in [-0.05, 0) is 61.7 Å². The van der Waals surface area contributed by atoms with Crippen molar-refractivity contribution in [1.29, 1.82) is 0 Å². The third-order valence-electron chi connectivity index (χ3n) is 5.54. The highest BCUT2D eigenvalue weighted by atomic mass is 19.1. The quantitative estimate of drug-likeness (QED) is 0.583. The summed E-state index contributed by atoms with van der Waals surface area (Å²) in [6.07, 6.45) is 6.05. The van der Waals surface area contributed by atoms with Crippen molar-refractivity contribution in [2.45, 2.75) is 38.2 Å². The van der Waals surface area contributed by atoms with Crippen molar-refractivity contribution in [3.05, 3.63) is 48.3 Å². The molecule has 1 saturated carbocycles. The van der Waals surface area contributed by atoms with Crippen molar-refractivity contribution in [1.82, 2.24) is 10.5 Å². The molecule has 0 amide bonds. The number of benzene rings is 2. The van der Waals surface area contributed by atoms with Crippen LogP contribution in [0, 0.1) is 11.7 Å². The molecule has 1 fully saturated rings. The van der Waals surface area contributed by atoms with Crippen LogP contribution in [0.15, 0.2) is 47.0 Å². The Kier molecular flexibility index (Phi) is 6.42. The fourth-order valence-corrected chi connectivity index (χ4v) is 3.93. The summed E-state index contributed by atoms with van der Waals surface area (Å²) in [4.78, 5) is 0. The van der Waals surface area contributed by atoms with E-state index in [2.05, 4.69) is 10.5 Å². The van der Waals surface area contributed by atoms with Crippen molar-refractivity contribution in [2.75, 3.05) is 19.7 Å². The molecule has 1 aliphatic rings. The van der Waals surface area contributed by atoms with Crippen LogP contribution in [0.5, 0.6) is 5.75 Å². The molecule has 2 N–H and O–H groups in total. The molecule has 0 radical (unpaired) electrons. The van der Waals surface area contributed by atoms with E-state index in [9.17, 15) is 9.50 Å². The summed E-state index contributed by atoms with van der Waals surface area (Å²) in [5.74, 6) is 1.07. The smallest absolute Gasteiger partial charge is 0.170 e. The number of nitrogens with zero attached hydrogens (tertiary/aromatic N) is 1. The Balaban J connectivity index is 1.26. The number of hydrogen-bond acceptors (Lipinski definition) is 5. The summed E-state index contributed by atoms with van der Waals surface area (Å²) >= 11 is 0. The van der Waals surface area contributed by atoms with Crippen LogP contribution in [-0.4, -0.2) is 36.1 Å². The number of aromatic nitrogens is 1. The van der Waals surface area contributed by atoms with Crippen LogP contribution >= 0.6 is 0 Å². The Hall–Kier alpha value is -2.44. The fourth-order valence-electron chi connectivity index (χ4n) is 3.93. The van der Waals surface area contributed by atoms with Crippen molar-refractivity contribution in [2.24, 2.45) is 5.92 Å². The van der Waals surface area contributed by atoms with E-state index in [-0.39, 0.29) is 12.4 Å². The Morgan fingerprint density at radius 3 is 2.72 bits per heavy atom. The van der Waals surface area contributed by atoms with Gasteiger partial charge in [0.15, 0.2) is 5.58 Å². The SMILES string of the molecule is O[C@@H](CNCC1CCCCC1)COc1ccc(-c2noc3cc(F)ccc23)cc1. The van der Waals surface area contributed by atoms with Gasteiger partial charge in [-0.2, -0.15) is 0 Å². The average molecular weight is 398 g/mol. The van der Waals surface area contributed by atoms with Gasteiger partial charge in [0.25, 0.3) is 0 Å². The molecule has 1 aliphatic carbocycles. The van der Waals surface area contributed by atoms with Gasteiger partial charge < -0.3 is 19.7 Å². The van der Waals surface area contributed by atoms with Crippen molar-refractivity contribution >= 4 is 11.0 Å². The molecule has 1 aromatic heterocycles. The zero-order valence-corrected chi connectivity index (χ0v) is 16.4. The Morgan fingerprint density at radius 1 is 1.14 bits per heavy atom. The van der Waals surface area contributed by atoms with Gasteiger partial charge in [-0.3, -0.25) is 0 Å². The molecule has 2 aromatic carbocycles. The maximum absolute atomic E-state index is 13.3. The van der Waals surface area contributed by atoms with E-state index in [4.69, 9.17) is 9.26 Å². The van der Waals surface area contributed by atoms with E-state index in [1.807, 2.05) is 24.3 Å². The summed E-state index contributed by atoms with van der Waals surface area (Å²) in [6.45, 7) is 1.75. The summed E-state index contributed by atoms with van der Waals surface area (Å²) in [5, 5.41) is 18.3. The summed E-state index contributed by atoms with van der Waals surface area (Å²) in [7, 11) is 0.